The van der Waals surface area contributed by atoms with Crippen LogP contribution in [0.3, 0.4) is 0 Å². The summed E-state index contributed by atoms with van der Waals surface area (Å²) >= 11 is 3.49. The second-order valence-electron chi connectivity index (χ2n) is 5.74. The molecule has 0 aliphatic heterocycles. The molecule has 2 nitrogen and oxygen atoms in total. The fourth-order valence-electron chi connectivity index (χ4n) is 2.76. The van der Waals surface area contributed by atoms with Gasteiger partial charge in [0.25, 0.3) is 0 Å². The molecule has 2 aromatic carbocycles. The van der Waals surface area contributed by atoms with Gasteiger partial charge in [0, 0.05) is 33.3 Å². The Kier molecular flexibility index (Phi) is 4.49. The molecule has 3 rings (SSSR count). The summed E-state index contributed by atoms with van der Waals surface area (Å²) in [5.41, 5.74) is 6.92. The highest BCUT2D eigenvalue weighted by atomic mass is 79.9. The molecule has 1 heterocycles. The number of nitrogens with zero attached hydrogens (tertiary/aromatic N) is 2. The summed E-state index contributed by atoms with van der Waals surface area (Å²) in [5.74, 6) is 0. The lowest BCUT2D eigenvalue weighted by molar-refractivity contribution is 0.964. The summed E-state index contributed by atoms with van der Waals surface area (Å²) in [6.45, 7) is 6.34. The van der Waals surface area contributed by atoms with Crippen LogP contribution in [-0.2, 0) is 0 Å². The van der Waals surface area contributed by atoms with Crippen molar-refractivity contribution in [1.82, 2.24) is 4.57 Å². The van der Waals surface area contributed by atoms with Gasteiger partial charge >= 0.3 is 0 Å². The molecule has 3 aromatic rings. The van der Waals surface area contributed by atoms with Gasteiger partial charge in [-0.2, -0.15) is 0 Å². The Bertz CT molecular complexity index is 858. The topological polar surface area (TPSA) is 17.3 Å². The summed E-state index contributed by atoms with van der Waals surface area (Å²) in [4.78, 5) is 4.61. The fourth-order valence-corrected chi connectivity index (χ4v) is 3.02. The zero-order valence-corrected chi connectivity index (χ0v) is 15.1. The number of hydrogen-bond donors (Lipinski definition) is 0. The van der Waals surface area contributed by atoms with E-state index in [1.807, 2.05) is 18.3 Å². The van der Waals surface area contributed by atoms with E-state index < -0.39 is 0 Å². The minimum atomic E-state index is 0.985. The van der Waals surface area contributed by atoms with Crippen LogP contribution in [0.15, 0.2) is 64.1 Å². The van der Waals surface area contributed by atoms with Gasteiger partial charge in [-0.05, 0) is 68.8 Å². The van der Waals surface area contributed by atoms with Crippen LogP contribution in [0, 0.1) is 20.8 Å². The molecule has 0 aliphatic rings. The smallest absolute Gasteiger partial charge is 0.0632 e. The van der Waals surface area contributed by atoms with Crippen LogP contribution in [0.5, 0.6) is 0 Å². The zero-order chi connectivity index (χ0) is 16.4. The first kappa shape index (κ1) is 15.8. The predicted octanol–water partition coefficient (Wildman–Crippen LogP) is 5.92. The molecule has 3 heteroatoms. The number of aliphatic imine (C=N–C) groups is 1. The number of hydrogen-bond acceptors (Lipinski definition) is 1. The molecule has 0 saturated carbocycles. The molecule has 0 fully saturated rings. The monoisotopic (exact) mass is 366 g/mol. The molecule has 0 aliphatic carbocycles. The van der Waals surface area contributed by atoms with Crippen molar-refractivity contribution >= 4 is 27.8 Å². The average Bonchev–Trinajstić information content (AvgIpc) is 2.81. The first-order valence-corrected chi connectivity index (χ1v) is 8.39. The molecule has 0 radical (unpaired) electrons. The zero-order valence-electron chi connectivity index (χ0n) is 13.5. The van der Waals surface area contributed by atoms with Crippen LogP contribution >= 0.6 is 15.9 Å². The van der Waals surface area contributed by atoms with Gasteiger partial charge in [-0.1, -0.05) is 28.1 Å². The third-order valence-electron chi connectivity index (χ3n) is 3.91. The van der Waals surface area contributed by atoms with Gasteiger partial charge in [0.05, 0.1) is 5.69 Å². The van der Waals surface area contributed by atoms with Gasteiger partial charge in [0.2, 0.25) is 0 Å². The van der Waals surface area contributed by atoms with E-state index >= 15 is 0 Å². The van der Waals surface area contributed by atoms with Crippen molar-refractivity contribution in [3.05, 3.63) is 81.6 Å². The van der Waals surface area contributed by atoms with Gasteiger partial charge in [-0.25, -0.2) is 0 Å². The quantitative estimate of drug-likeness (QED) is 0.512. The van der Waals surface area contributed by atoms with E-state index in [1.165, 1.54) is 22.6 Å². The van der Waals surface area contributed by atoms with Gasteiger partial charge in [0.15, 0.2) is 0 Å². The predicted molar refractivity (Wildman–Crippen MR) is 101 cm³/mol. The lowest BCUT2D eigenvalue weighted by Crippen LogP contribution is -1.99. The van der Waals surface area contributed by atoms with Gasteiger partial charge in [-0.15, -0.1) is 0 Å². The van der Waals surface area contributed by atoms with Crippen molar-refractivity contribution in [2.75, 3.05) is 0 Å². The lowest BCUT2D eigenvalue weighted by Gasteiger charge is -2.09. The van der Waals surface area contributed by atoms with Gasteiger partial charge in [-0.3, -0.25) is 4.99 Å². The van der Waals surface area contributed by atoms with Crippen molar-refractivity contribution in [1.29, 1.82) is 0 Å². The van der Waals surface area contributed by atoms with Crippen molar-refractivity contribution in [2.24, 2.45) is 4.99 Å². The third-order valence-corrected chi connectivity index (χ3v) is 4.44. The largest absolute Gasteiger partial charge is 0.318 e. The van der Waals surface area contributed by atoms with Crippen molar-refractivity contribution < 1.29 is 0 Å². The highest BCUT2D eigenvalue weighted by Gasteiger charge is 2.09. The molecule has 0 saturated heterocycles. The molecule has 23 heavy (non-hydrogen) atoms. The molecule has 0 bridgehead atoms. The molecule has 0 unspecified atom stereocenters. The lowest BCUT2D eigenvalue weighted by atomic mass is 10.2. The Morgan fingerprint density at radius 2 is 1.70 bits per heavy atom. The maximum absolute atomic E-state index is 4.61. The first-order valence-electron chi connectivity index (χ1n) is 7.60. The van der Waals surface area contributed by atoms with E-state index in [1.54, 1.807) is 0 Å². The van der Waals surface area contributed by atoms with Crippen LogP contribution in [0.25, 0.3) is 5.69 Å². The molecule has 0 amide bonds. The van der Waals surface area contributed by atoms with Gasteiger partial charge in [0.1, 0.15) is 0 Å². The molecular weight excluding hydrogens is 348 g/mol. The Morgan fingerprint density at radius 1 is 0.957 bits per heavy atom. The average molecular weight is 367 g/mol. The number of aromatic nitrogens is 1. The Balaban J connectivity index is 1.96. The van der Waals surface area contributed by atoms with Crippen molar-refractivity contribution in [2.45, 2.75) is 20.8 Å². The summed E-state index contributed by atoms with van der Waals surface area (Å²) < 4.78 is 3.34. The summed E-state index contributed by atoms with van der Waals surface area (Å²) in [6, 6.07) is 18.8. The number of aryl methyl sites for hydroxylation is 2. The third kappa shape index (κ3) is 3.45. The number of rotatable bonds is 3. The van der Waals surface area contributed by atoms with E-state index in [0.29, 0.717) is 0 Å². The normalized spacial score (nSPS) is 11.3. The van der Waals surface area contributed by atoms with Crippen LogP contribution in [-0.4, -0.2) is 10.8 Å². The molecule has 0 N–H and O–H groups in total. The van der Waals surface area contributed by atoms with Crippen LogP contribution < -0.4 is 0 Å². The summed E-state index contributed by atoms with van der Waals surface area (Å²) in [5, 5.41) is 0. The van der Waals surface area contributed by atoms with E-state index in [0.717, 1.165) is 15.7 Å². The maximum atomic E-state index is 4.61. The van der Waals surface area contributed by atoms with E-state index in [-0.39, 0.29) is 0 Å². The second-order valence-corrected chi connectivity index (χ2v) is 6.65. The summed E-state index contributed by atoms with van der Waals surface area (Å²) in [7, 11) is 0. The molecule has 1 aromatic heterocycles. The van der Waals surface area contributed by atoms with E-state index in [2.05, 4.69) is 88.7 Å². The van der Waals surface area contributed by atoms with Crippen LogP contribution in [0.2, 0.25) is 0 Å². The van der Waals surface area contributed by atoms with Crippen LogP contribution in [0.4, 0.5) is 5.69 Å². The highest BCUT2D eigenvalue weighted by molar-refractivity contribution is 9.10. The van der Waals surface area contributed by atoms with Gasteiger partial charge < -0.3 is 4.57 Å². The summed E-state index contributed by atoms with van der Waals surface area (Å²) in [6.07, 6.45) is 1.95. The Labute approximate surface area is 145 Å². The van der Waals surface area contributed by atoms with Crippen molar-refractivity contribution in [3.8, 4) is 5.69 Å². The SMILES string of the molecule is Cc1cccc(N=Cc2cc(C)n(-c3ccc(Br)cc3)c2C)c1. The minimum Gasteiger partial charge on any atom is -0.318 e. The highest BCUT2D eigenvalue weighted by Crippen LogP contribution is 2.22. The van der Waals surface area contributed by atoms with Crippen LogP contribution in [0.1, 0.15) is 22.5 Å². The number of benzene rings is 2. The van der Waals surface area contributed by atoms with E-state index in [4.69, 9.17) is 0 Å². The standard InChI is InChI=1S/C20H19BrN2/c1-14-5-4-6-19(11-14)22-13-17-12-15(2)23(16(17)3)20-9-7-18(21)8-10-20/h4-13H,1-3H3. The Morgan fingerprint density at radius 3 is 2.39 bits per heavy atom. The van der Waals surface area contributed by atoms with E-state index in [9.17, 15) is 0 Å². The maximum Gasteiger partial charge on any atom is 0.0632 e. The molecule has 0 spiro atoms. The second kappa shape index (κ2) is 6.55. The molecule has 0 atom stereocenters. The minimum absolute atomic E-state index is 0.985. The molecular formula is C20H19BrN2. The fraction of sp³-hybridized carbons (Fsp3) is 0.150. The van der Waals surface area contributed by atoms with Crippen molar-refractivity contribution in [3.63, 3.8) is 0 Å². The first-order chi connectivity index (χ1) is 11.0. The molecule has 116 valence electrons. The Hall–Kier alpha value is -2.13. The number of halogens is 1.